The zero-order valence-electron chi connectivity index (χ0n) is 9.90. The van der Waals surface area contributed by atoms with Crippen molar-refractivity contribution in [2.45, 2.75) is 24.8 Å². The predicted molar refractivity (Wildman–Crippen MR) is 74.9 cm³/mol. The number of amides is 1. The number of rotatable bonds is 2. The topological polar surface area (TPSA) is 70.9 Å². The molecule has 1 saturated carbocycles. The molecule has 5 heteroatoms. The largest absolute Gasteiger partial charge is 0.361 e. The third-order valence-corrected chi connectivity index (χ3v) is 3.51. The van der Waals surface area contributed by atoms with Crippen LogP contribution >= 0.6 is 12.4 Å². The van der Waals surface area contributed by atoms with Gasteiger partial charge in [0.15, 0.2) is 0 Å². The van der Waals surface area contributed by atoms with Crippen molar-refractivity contribution >= 4 is 34.9 Å². The zero-order valence-corrected chi connectivity index (χ0v) is 10.7. The van der Waals surface area contributed by atoms with Gasteiger partial charge in [-0.1, -0.05) is 0 Å². The first kappa shape index (κ1) is 12.9. The third kappa shape index (κ3) is 2.09. The fourth-order valence-electron chi connectivity index (χ4n) is 2.17. The average molecular weight is 266 g/mol. The molecule has 1 aromatic carbocycles. The molecule has 4 nitrogen and oxygen atoms in total. The van der Waals surface area contributed by atoms with E-state index in [1.807, 2.05) is 30.5 Å². The summed E-state index contributed by atoms with van der Waals surface area (Å²) in [6, 6.07) is 7.77. The molecular weight excluding hydrogens is 250 g/mol. The number of hydrogen-bond donors (Lipinski definition) is 3. The molecule has 3 rings (SSSR count). The number of aromatic nitrogens is 1. The molecule has 1 aliphatic carbocycles. The number of aromatic amines is 1. The molecule has 18 heavy (non-hydrogen) atoms. The number of anilines is 1. The normalized spacial score (nSPS) is 16.7. The van der Waals surface area contributed by atoms with Crippen LogP contribution < -0.4 is 11.1 Å². The van der Waals surface area contributed by atoms with Gasteiger partial charge in [0.25, 0.3) is 0 Å². The van der Waals surface area contributed by atoms with E-state index in [4.69, 9.17) is 5.73 Å². The van der Waals surface area contributed by atoms with Crippen LogP contribution in [0.5, 0.6) is 0 Å². The van der Waals surface area contributed by atoms with Crippen molar-refractivity contribution in [3.63, 3.8) is 0 Å². The fourth-order valence-corrected chi connectivity index (χ4v) is 2.17. The molecule has 0 radical (unpaired) electrons. The maximum absolute atomic E-state index is 11.9. The fraction of sp³-hybridized carbons (Fsp3) is 0.308. The van der Waals surface area contributed by atoms with Gasteiger partial charge in [-0.2, -0.15) is 0 Å². The third-order valence-electron chi connectivity index (χ3n) is 3.51. The molecule has 0 atom stereocenters. The molecule has 1 amide bonds. The van der Waals surface area contributed by atoms with Crippen LogP contribution in [-0.4, -0.2) is 16.4 Å². The minimum Gasteiger partial charge on any atom is -0.361 e. The van der Waals surface area contributed by atoms with Gasteiger partial charge in [0.2, 0.25) is 5.91 Å². The number of nitrogens with two attached hydrogens (primary N) is 1. The molecule has 0 aliphatic heterocycles. The number of hydrogen-bond acceptors (Lipinski definition) is 2. The van der Waals surface area contributed by atoms with E-state index >= 15 is 0 Å². The van der Waals surface area contributed by atoms with Crippen molar-refractivity contribution in [3.05, 3.63) is 30.5 Å². The summed E-state index contributed by atoms with van der Waals surface area (Å²) in [7, 11) is 0. The molecular formula is C13H16ClN3O. The summed E-state index contributed by atoms with van der Waals surface area (Å²) in [6.07, 6.45) is 4.49. The quantitative estimate of drug-likeness (QED) is 0.780. The molecule has 0 spiro atoms. The van der Waals surface area contributed by atoms with Gasteiger partial charge in [0.1, 0.15) is 0 Å². The molecule has 96 valence electrons. The maximum atomic E-state index is 11.9. The van der Waals surface area contributed by atoms with E-state index in [0.29, 0.717) is 0 Å². The summed E-state index contributed by atoms with van der Waals surface area (Å²) in [6.45, 7) is 0. The van der Waals surface area contributed by atoms with E-state index in [1.54, 1.807) is 0 Å². The lowest BCUT2D eigenvalue weighted by atomic mass is 9.77. The first-order valence-electron chi connectivity index (χ1n) is 5.85. The summed E-state index contributed by atoms with van der Waals surface area (Å²) in [5, 5.41) is 3.97. The Bertz CT molecular complexity index is 574. The Morgan fingerprint density at radius 3 is 2.78 bits per heavy atom. The van der Waals surface area contributed by atoms with Gasteiger partial charge in [-0.15, -0.1) is 12.4 Å². The Morgan fingerprint density at radius 1 is 1.33 bits per heavy atom. The molecule has 0 unspecified atom stereocenters. The predicted octanol–water partition coefficient (Wildman–Crippen LogP) is 2.41. The van der Waals surface area contributed by atoms with E-state index in [2.05, 4.69) is 10.3 Å². The smallest absolute Gasteiger partial charge is 0.244 e. The maximum Gasteiger partial charge on any atom is 0.244 e. The summed E-state index contributed by atoms with van der Waals surface area (Å²) in [5.74, 6) is -0.0707. The molecule has 1 fully saturated rings. The van der Waals surface area contributed by atoms with Crippen molar-refractivity contribution in [1.29, 1.82) is 0 Å². The lowest BCUT2D eigenvalue weighted by molar-refractivity contribution is -0.123. The molecule has 0 saturated heterocycles. The van der Waals surface area contributed by atoms with Gasteiger partial charge in [-0.3, -0.25) is 4.79 Å². The highest BCUT2D eigenvalue weighted by Gasteiger charge is 2.40. The highest BCUT2D eigenvalue weighted by atomic mass is 35.5. The lowest BCUT2D eigenvalue weighted by Crippen LogP contribution is -2.56. The molecule has 0 bridgehead atoms. The van der Waals surface area contributed by atoms with Crippen molar-refractivity contribution < 1.29 is 4.79 Å². The average Bonchev–Trinajstić information content (AvgIpc) is 2.73. The number of H-pyrrole nitrogens is 1. The van der Waals surface area contributed by atoms with Gasteiger partial charge in [0.05, 0.1) is 5.54 Å². The second kappa shape index (κ2) is 4.63. The summed E-state index contributed by atoms with van der Waals surface area (Å²) >= 11 is 0. The van der Waals surface area contributed by atoms with Crippen LogP contribution in [0.4, 0.5) is 5.69 Å². The SMILES string of the molecule is Cl.NC1(C(=O)Nc2ccc3[nH]ccc3c2)CCC1. The minimum absolute atomic E-state index is 0. The van der Waals surface area contributed by atoms with E-state index in [9.17, 15) is 4.79 Å². The van der Waals surface area contributed by atoms with E-state index in [-0.39, 0.29) is 18.3 Å². The Kier molecular flexibility index (Phi) is 3.32. The number of carbonyl (C=O) groups excluding carboxylic acids is 1. The molecule has 1 heterocycles. The van der Waals surface area contributed by atoms with Gasteiger partial charge in [-0.05, 0) is 43.5 Å². The van der Waals surface area contributed by atoms with Gasteiger partial charge in [0, 0.05) is 22.8 Å². The second-order valence-electron chi connectivity index (χ2n) is 4.74. The Labute approximate surface area is 111 Å². The highest BCUT2D eigenvalue weighted by Crippen LogP contribution is 2.30. The van der Waals surface area contributed by atoms with Gasteiger partial charge < -0.3 is 16.0 Å². The van der Waals surface area contributed by atoms with E-state index in [0.717, 1.165) is 35.9 Å². The van der Waals surface area contributed by atoms with Crippen LogP contribution in [0.25, 0.3) is 10.9 Å². The van der Waals surface area contributed by atoms with Crippen LogP contribution in [0.15, 0.2) is 30.5 Å². The highest BCUT2D eigenvalue weighted by molar-refractivity contribution is 6.00. The molecule has 1 aliphatic rings. The number of fused-ring (bicyclic) bond motifs is 1. The Hall–Kier alpha value is -1.52. The van der Waals surface area contributed by atoms with Crippen molar-refractivity contribution in [2.24, 2.45) is 5.73 Å². The number of benzene rings is 1. The lowest BCUT2D eigenvalue weighted by Gasteiger charge is -2.36. The minimum atomic E-state index is -0.646. The molecule has 2 aromatic rings. The Balaban J connectivity index is 0.00000120. The zero-order chi connectivity index (χ0) is 11.9. The van der Waals surface area contributed by atoms with Gasteiger partial charge >= 0.3 is 0 Å². The monoisotopic (exact) mass is 265 g/mol. The summed E-state index contributed by atoms with van der Waals surface area (Å²) < 4.78 is 0. The van der Waals surface area contributed by atoms with Crippen LogP contribution in [0, 0.1) is 0 Å². The van der Waals surface area contributed by atoms with Crippen molar-refractivity contribution in [2.75, 3.05) is 5.32 Å². The Morgan fingerprint density at radius 2 is 2.11 bits per heavy atom. The van der Waals surface area contributed by atoms with Crippen molar-refractivity contribution in [1.82, 2.24) is 4.98 Å². The van der Waals surface area contributed by atoms with Crippen LogP contribution in [0.2, 0.25) is 0 Å². The van der Waals surface area contributed by atoms with Crippen molar-refractivity contribution in [3.8, 4) is 0 Å². The first-order valence-corrected chi connectivity index (χ1v) is 5.85. The molecule has 1 aromatic heterocycles. The standard InChI is InChI=1S/C13H15N3O.ClH/c14-13(5-1-6-13)12(17)16-10-2-3-11-9(8-10)4-7-15-11;/h2-4,7-8,15H,1,5-6,14H2,(H,16,17);1H. The summed E-state index contributed by atoms with van der Waals surface area (Å²) in [4.78, 5) is 15.1. The van der Waals surface area contributed by atoms with Crippen LogP contribution in [-0.2, 0) is 4.79 Å². The van der Waals surface area contributed by atoms with E-state index < -0.39 is 5.54 Å². The number of halogens is 1. The number of nitrogens with one attached hydrogen (secondary N) is 2. The second-order valence-corrected chi connectivity index (χ2v) is 4.74. The van der Waals surface area contributed by atoms with E-state index in [1.165, 1.54) is 0 Å². The molecule has 4 N–H and O–H groups in total. The van der Waals surface area contributed by atoms with Crippen LogP contribution in [0.3, 0.4) is 0 Å². The van der Waals surface area contributed by atoms with Crippen LogP contribution in [0.1, 0.15) is 19.3 Å². The van der Waals surface area contributed by atoms with Gasteiger partial charge in [-0.25, -0.2) is 0 Å². The summed E-state index contributed by atoms with van der Waals surface area (Å²) in [5.41, 5.74) is 7.19. The number of carbonyl (C=O) groups is 1. The first-order chi connectivity index (χ1) is 8.17.